The molecule has 0 spiro atoms. The van der Waals surface area contributed by atoms with Crippen LogP contribution in [0.1, 0.15) is 85.7 Å². The number of rotatable bonds is 8. The second-order valence-electron chi connectivity index (χ2n) is 14.4. The molecule has 0 amide bonds. The molecule has 0 aliphatic carbocycles. The van der Waals surface area contributed by atoms with Crippen molar-refractivity contribution in [1.29, 1.82) is 0 Å². The van der Waals surface area contributed by atoms with Crippen LogP contribution in [0, 0.1) is 0 Å². The van der Waals surface area contributed by atoms with Crippen LogP contribution in [0.4, 0.5) is 0 Å². The van der Waals surface area contributed by atoms with E-state index in [0.29, 0.717) is 42.9 Å². The van der Waals surface area contributed by atoms with Gasteiger partial charge in [0.05, 0.1) is 18.1 Å². The molecule has 0 atom stereocenters. The highest BCUT2D eigenvalue weighted by Crippen LogP contribution is 2.36. The summed E-state index contributed by atoms with van der Waals surface area (Å²) in [6.07, 6.45) is 16.8. The first-order valence-electron chi connectivity index (χ1n) is 18.9. The van der Waals surface area contributed by atoms with Gasteiger partial charge >= 0.3 is 0 Å². The fraction of sp³-hybridized carbons (Fsp3) is 0.500. The van der Waals surface area contributed by atoms with Gasteiger partial charge in [0.15, 0.2) is 11.3 Å². The normalized spacial score (nSPS) is 17.9. The van der Waals surface area contributed by atoms with E-state index in [4.69, 9.17) is 11.6 Å². The predicted molar refractivity (Wildman–Crippen MR) is 205 cm³/mol. The lowest BCUT2D eigenvalue weighted by molar-refractivity contribution is 0.318. The molecule has 19 heteroatoms. The van der Waals surface area contributed by atoms with Crippen LogP contribution >= 0.6 is 11.6 Å². The Balaban J connectivity index is 0.000000155. The summed E-state index contributed by atoms with van der Waals surface area (Å²) in [5.41, 5.74) is 7.57. The third-order valence-corrected chi connectivity index (χ3v) is 15.8. The SMILES string of the molecule is CCc1cc2ncnn2cc1C1CCN(S(=O)(=O)c2cnn(C)c2Cl)CC1.CCc1cc2ncnn2cc1C1CCN(S(=O)(=O)c2cnn3c2CCC3)CC1. The molecule has 0 aromatic carbocycles. The number of aryl methyl sites for hydroxylation is 4. The smallest absolute Gasteiger partial charge is 0.247 e. The summed E-state index contributed by atoms with van der Waals surface area (Å²) in [6.45, 7) is 7.07. The monoisotopic (exact) mass is 808 g/mol. The second-order valence-corrected chi connectivity index (χ2v) is 18.6. The number of sulfonamides is 2. The number of hydrogen-bond donors (Lipinski definition) is 0. The van der Waals surface area contributed by atoms with E-state index in [-0.39, 0.29) is 10.0 Å². The van der Waals surface area contributed by atoms with E-state index < -0.39 is 20.0 Å². The van der Waals surface area contributed by atoms with Gasteiger partial charge in [0.2, 0.25) is 20.0 Å². The van der Waals surface area contributed by atoms with Gasteiger partial charge in [0.1, 0.15) is 27.6 Å². The Morgan fingerprint density at radius 3 is 1.65 bits per heavy atom. The van der Waals surface area contributed by atoms with Crippen LogP contribution in [-0.2, 0) is 52.9 Å². The van der Waals surface area contributed by atoms with Crippen LogP contribution in [0.2, 0.25) is 5.15 Å². The average Bonchev–Trinajstić information content (AvgIpc) is 4.05. The topological polar surface area (TPSA) is 171 Å². The molecule has 2 saturated heterocycles. The fourth-order valence-electron chi connectivity index (χ4n) is 8.30. The molecule has 2 fully saturated rings. The fourth-order valence-corrected chi connectivity index (χ4v) is 11.8. The molecule has 6 aromatic rings. The van der Waals surface area contributed by atoms with E-state index in [9.17, 15) is 16.8 Å². The highest BCUT2D eigenvalue weighted by Gasteiger charge is 2.36. The van der Waals surface area contributed by atoms with Crippen molar-refractivity contribution in [3.05, 3.63) is 82.7 Å². The van der Waals surface area contributed by atoms with Gasteiger partial charge in [0, 0.05) is 52.2 Å². The van der Waals surface area contributed by atoms with Crippen molar-refractivity contribution >= 4 is 42.9 Å². The first-order valence-corrected chi connectivity index (χ1v) is 22.1. The number of hydrogen-bond acceptors (Lipinski definition) is 10. The van der Waals surface area contributed by atoms with Gasteiger partial charge in [0.25, 0.3) is 0 Å². The molecule has 16 nitrogen and oxygen atoms in total. The molecular formula is C36H45ClN12O4S2. The van der Waals surface area contributed by atoms with E-state index in [1.54, 1.807) is 28.5 Å². The summed E-state index contributed by atoms with van der Waals surface area (Å²) in [7, 11) is -5.47. The summed E-state index contributed by atoms with van der Waals surface area (Å²) in [6, 6.07) is 4.17. The van der Waals surface area contributed by atoms with Crippen molar-refractivity contribution in [2.45, 2.75) is 93.4 Å². The first-order chi connectivity index (χ1) is 26.5. The average molecular weight is 809 g/mol. The minimum Gasteiger partial charge on any atom is -0.268 e. The third kappa shape index (κ3) is 6.96. The number of halogens is 1. The van der Waals surface area contributed by atoms with E-state index in [1.807, 2.05) is 15.4 Å². The number of fused-ring (bicyclic) bond motifs is 3. The molecule has 9 heterocycles. The van der Waals surface area contributed by atoms with Crippen molar-refractivity contribution < 1.29 is 16.8 Å². The summed E-state index contributed by atoms with van der Waals surface area (Å²) in [5.74, 6) is 0.636. The Bertz CT molecular complexity index is 2560. The van der Waals surface area contributed by atoms with Crippen LogP contribution in [0.25, 0.3) is 11.3 Å². The van der Waals surface area contributed by atoms with Crippen LogP contribution in [-0.4, -0.2) is 100 Å². The highest BCUT2D eigenvalue weighted by atomic mass is 35.5. The molecule has 3 aliphatic rings. The second kappa shape index (κ2) is 15.0. The number of piperidine rings is 2. The maximum atomic E-state index is 13.2. The third-order valence-electron chi connectivity index (χ3n) is 11.4. The Kier molecular flexibility index (Phi) is 10.3. The van der Waals surface area contributed by atoms with Crippen molar-refractivity contribution in [1.82, 2.24) is 57.4 Å². The van der Waals surface area contributed by atoms with Crippen molar-refractivity contribution in [2.24, 2.45) is 7.05 Å². The van der Waals surface area contributed by atoms with Crippen LogP contribution in [0.3, 0.4) is 0 Å². The highest BCUT2D eigenvalue weighted by molar-refractivity contribution is 7.89. The summed E-state index contributed by atoms with van der Waals surface area (Å²) < 4.78 is 62.1. The minimum atomic E-state index is -3.63. The maximum Gasteiger partial charge on any atom is 0.247 e. The van der Waals surface area contributed by atoms with Crippen LogP contribution in [0.15, 0.2) is 59.4 Å². The number of pyridine rings is 2. The van der Waals surface area contributed by atoms with Gasteiger partial charge in [-0.05, 0) is 97.6 Å². The van der Waals surface area contributed by atoms with Gasteiger partial charge in [-0.15, -0.1) is 0 Å². The lowest BCUT2D eigenvalue weighted by atomic mass is 9.87. The predicted octanol–water partition coefficient (Wildman–Crippen LogP) is 4.25. The van der Waals surface area contributed by atoms with E-state index in [1.165, 1.54) is 43.6 Å². The lowest BCUT2D eigenvalue weighted by Crippen LogP contribution is -2.38. The molecule has 0 saturated carbocycles. The summed E-state index contributed by atoms with van der Waals surface area (Å²) in [4.78, 5) is 8.99. The molecule has 55 heavy (non-hydrogen) atoms. The molecule has 9 rings (SSSR count). The summed E-state index contributed by atoms with van der Waals surface area (Å²) in [5, 5.41) is 16.8. The Hall–Kier alpha value is -4.23. The minimum absolute atomic E-state index is 0.0726. The van der Waals surface area contributed by atoms with Crippen LogP contribution < -0.4 is 0 Å². The standard InChI is InChI=1S/C19H24N6O2S.C17H21ClN6O2S/c1-2-14-10-19-20-13-22-25(19)12-16(14)15-5-8-23(9-6-15)28(26,27)18-11-21-24-7-3-4-17(18)24;1-3-12-8-16-19-11-21-24(16)10-14(12)13-4-6-23(7-5-13)27(25,26)15-9-20-22(2)17(15)18/h10-13,15H,2-9H2,1H3;8-11,13H,3-7H2,1-2H3. The van der Waals surface area contributed by atoms with Crippen molar-refractivity contribution in [2.75, 3.05) is 26.2 Å². The zero-order chi connectivity index (χ0) is 38.5. The first kappa shape index (κ1) is 37.7. The van der Waals surface area contributed by atoms with Gasteiger partial charge in [-0.3, -0.25) is 9.36 Å². The zero-order valence-corrected chi connectivity index (χ0v) is 33.5. The number of aromatic nitrogens is 10. The van der Waals surface area contributed by atoms with E-state index in [0.717, 1.165) is 74.9 Å². The Morgan fingerprint density at radius 2 is 1.18 bits per heavy atom. The quantitative estimate of drug-likeness (QED) is 0.217. The van der Waals surface area contributed by atoms with Gasteiger partial charge in [-0.1, -0.05) is 25.4 Å². The van der Waals surface area contributed by atoms with Gasteiger partial charge < -0.3 is 0 Å². The Labute approximate surface area is 325 Å². The zero-order valence-electron chi connectivity index (χ0n) is 31.2. The molecule has 0 bridgehead atoms. The summed E-state index contributed by atoms with van der Waals surface area (Å²) >= 11 is 6.10. The van der Waals surface area contributed by atoms with Gasteiger partial charge in [-0.25, -0.2) is 35.8 Å². The van der Waals surface area contributed by atoms with Crippen molar-refractivity contribution in [3.8, 4) is 0 Å². The molecule has 292 valence electrons. The lowest BCUT2D eigenvalue weighted by Gasteiger charge is -2.32. The molecule has 0 unspecified atom stereocenters. The molecule has 3 aliphatic heterocycles. The van der Waals surface area contributed by atoms with Crippen LogP contribution in [0.5, 0.6) is 0 Å². The molecule has 6 aromatic heterocycles. The van der Waals surface area contributed by atoms with Crippen molar-refractivity contribution in [3.63, 3.8) is 0 Å². The van der Waals surface area contributed by atoms with Gasteiger partial charge in [-0.2, -0.15) is 29.0 Å². The maximum absolute atomic E-state index is 13.2. The number of nitrogens with zero attached hydrogens (tertiary/aromatic N) is 12. The molecule has 0 N–H and O–H groups in total. The van der Waals surface area contributed by atoms with E-state index >= 15 is 0 Å². The Morgan fingerprint density at radius 1 is 0.691 bits per heavy atom. The molecular weight excluding hydrogens is 764 g/mol. The molecule has 0 radical (unpaired) electrons. The van der Waals surface area contributed by atoms with E-state index in [2.05, 4.69) is 62.5 Å². The largest absolute Gasteiger partial charge is 0.268 e.